The van der Waals surface area contributed by atoms with E-state index in [9.17, 15) is 0 Å². The fourth-order valence-electron chi connectivity index (χ4n) is 4.11. The molecule has 2 aliphatic rings. The molecule has 1 saturated carbocycles. The van der Waals surface area contributed by atoms with E-state index in [1.54, 1.807) is 0 Å². The average Bonchev–Trinajstić information content (AvgIpc) is 2.57. The normalized spacial score (nSPS) is 25.5. The molecule has 1 heterocycles. The van der Waals surface area contributed by atoms with Crippen molar-refractivity contribution in [1.82, 2.24) is 9.80 Å². The number of allylic oxidation sites excluding steroid dienone is 5. The first kappa shape index (κ1) is 20.3. The van der Waals surface area contributed by atoms with Crippen LogP contribution in [-0.4, -0.2) is 41.5 Å². The maximum Gasteiger partial charge on any atom is 0.0409 e. The molecule has 0 aromatic heterocycles. The Morgan fingerprint density at radius 3 is 2.32 bits per heavy atom. The molecule has 2 nitrogen and oxygen atoms in total. The summed E-state index contributed by atoms with van der Waals surface area (Å²) in [5.41, 5.74) is 1.68. The van der Waals surface area contributed by atoms with Crippen LogP contribution in [0.2, 0.25) is 0 Å². The molecule has 0 aromatic carbocycles. The van der Waals surface area contributed by atoms with Gasteiger partial charge in [-0.25, -0.2) is 0 Å². The van der Waals surface area contributed by atoms with Gasteiger partial charge < -0.3 is 9.80 Å². The van der Waals surface area contributed by atoms with Crippen molar-refractivity contribution in [2.24, 2.45) is 11.3 Å². The molecule has 2 rings (SSSR count). The second-order valence-electron chi connectivity index (χ2n) is 9.07. The van der Waals surface area contributed by atoms with Gasteiger partial charge >= 0.3 is 0 Å². The monoisotopic (exact) mass is 344 g/mol. The minimum absolute atomic E-state index is 0.116. The highest BCUT2D eigenvalue weighted by Crippen LogP contribution is 2.41. The van der Waals surface area contributed by atoms with Crippen LogP contribution in [0, 0.1) is 11.3 Å². The highest BCUT2D eigenvalue weighted by molar-refractivity contribution is 5.25. The molecule has 0 spiro atoms. The number of nitrogens with zero attached hydrogens (tertiary/aromatic N) is 2. The summed E-state index contributed by atoms with van der Waals surface area (Å²) in [5, 5.41) is 0. The van der Waals surface area contributed by atoms with Crippen LogP contribution in [0.15, 0.2) is 36.1 Å². The predicted molar refractivity (Wildman–Crippen MR) is 111 cm³/mol. The Morgan fingerprint density at radius 2 is 1.76 bits per heavy atom. The third kappa shape index (κ3) is 4.78. The lowest BCUT2D eigenvalue weighted by Crippen LogP contribution is -2.54. The van der Waals surface area contributed by atoms with Crippen molar-refractivity contribution in [3.05, 3.63) is 36.1 Å². The molecule has 0 amide bonds. The number of rotatable bonds is 6. The van der Waals surface area contributed by atoms with E-state index in [4.69, 9.17) is 0 Å². The Hall–Kier alpha value is -1.02. The first-order valence-corrected chi connectivity index (χ1v) is 10.3. The molecule has 0 aromatic rings. The Labute approximate surface area is 156 Å². The van der Waals surface area contributed by atoms with Crippen molar-refractivity contribution in [3.8, 4) is 0 Å². The minimum Gasteiger partial charge on any atom is -0.365 e. The molecule has 2 fully saturated rings. The van der Waals surface area contributed by atoms with Gasteiger partial charge in [-0.15, -0.1) is 0 Å². The van der Waals surface area contributed by atoms with Gasteiger partial charge in [0.15, 0.2) is 0 Å². The molecule has 0 radical (unpaired) electrons. The van der Waals surface area contributed by atoms with E-state index in [0.29, 0.717) is 0 Å². The molecule has 1 aliphatic carbocycles. The Morgan fingerprint density at radius 1 is 1.04 bits per heavy atom. The van der Waals surface area contributed by atoms with Crippen LogP contribution in [-0.2, 0) is 0 Å². The molecule has 2 heteroatoms. The Kier molecular flexibility index (Phi) is 6.96. The van der Waals surface area contributed by atoms with E-state index >= 15 is 0 Å². The zero-order valence-electron chi connectivity index (χ0n) is 17.5. The molecule has 25 heavy (non-hydrogen) atoms. The Balaban J connectivity index is 2.19. The van der Waals surface area contributed by atoms with Crippen LogP contribution in [0.4, 0.5) is 0 Å². The van der Waals surface area contributed by atoms with Gasteiger partial charge in [-0.3, -0.25) is 0 Å². The second-order valence-corrected chi connectivity index (χ2v) is 9.07. The minimum atomic E-state index is 0.116. The summed E-state index contributed by atoms with van der Waals surface area (Å²) in [5.74, 6) is 1.00. The standard InChI is InChI=1S/C23H40N2/c1-7-9-14-21(11-8-2)25-18-17-24(16-15-20-12-10-13-20)19-22(3,4)23(25,5)6/h7-9,11,14,20H,10,12-13,15-19H2,1-6H3/b9-7-,11-8-,21-14+. The van der Waals surface area contributed by atoms with Crippen molar-refractivity contribution in [2.45, 2.75) is 72.8 Å². The summed E-state index contributed by atoms with van der Waals surface area (Å²) < 4.78 is 0. The van der Waals surface area contributed by atoms with Crippen molar-refractivity contribution in [1.29, 1.82) is 0 Å². The maximum absolute atomic E-state index is 2.73. The van der Waals surface area contributed by atoms with Crippen LogP contribution in [0.1, 0.15) is 67.2 Å². The van der Waals surface area contributed by atoms with Crippen LogP contribution in [0.25, 0.3) is 0 Å². The average molecular weight is 345 g/mol. The van der Waals surface area contributed by atoms with E-state index in [1.807, 2.05) is 0 Å². The van der Waals surface area contributed by atoms with Gasteiger partial charge in [0, 0.05) is 36.3 Å². The summed E-state index contributed by atoms with van der Waals surface area (Å²) in [6, 6.07) is 0. The fraction of sp³-hybridized carbons (Fsp3) is 0.739. The summed E-state index contributed by atoms with van der Waals surface area (Å²) in [6.45, 7) is 18.7. The topological polar surface area (TPSA) is 6.48 Å². The SMILES string of the molecule is C\C=C/C=C(\C=C/C)N1CCN(CCC2CCC2)CC(C)(C)C1(C)C. The predicted octanol–water partition coefficient (Wildman–Crippen LogP) is 5.64. The fourth-order valence-corrected chi connectivity index (χ4v) is 4.11. The van der Waals surface area contributed by atoms with Gasteiger partial charge in [0.1, 0.15) is 0 Å². The van der Waals surface area contributed by atoms with Gasteiger partial charge in [-0.2, -0.15) is 0 Å². The molecule has 0 N–H and O–H groups in total. The number of hydrogen-bond acceptors (Lipinski definition) is 2. The smallest absolute Gasteiger partial charge is 0.0409 e. The molecule has 1 saturated heterocycles. The lowest BCUT2D eigenvalue weighted by molar-refractivity contribution is 0.0496. The molecule has 142 valence electrons. The zero-order valence-corrected chi connectivity index (χ0v) is 17.5. The lowest BCUT2D eigenvalue weighted by atomic mass is 9.73. The first-order chi connectivity index (χ1) is 11.8. The first-order valence-electron chi connectivity index (χ1n) is 10.3. The molecule has 0 bridgehead atoms. The lowest BCUT2D eigenvalue weighted by Gasteiger charge is -2.49. The van der Waals surface area contributed by atoms with Crippen molar-refractivity contribution < 1.29 is 0 Å². The van der Waals surface area contributed by atoms with E-state index in [2.05, 4.69) is 81.7 Å². The van der Waals surface area contributed by atoms with Crippen molar-refractivity contribution in [2.75, 3.05) is 26.2 Å². The van der Waals surface area contributed by atoms with Gasteiger partial charge in [-0.1, -0.05) is 51.3 Å². The zero-order chi connectivity index (χ0) is 18.5. The van der Waals surface area contributed by atoms with E-state index < -0.39 is 0 Å². The van der Waals surface area contributed by atoms with Gasteiger partial charge in [0.05, 0.1) is 0 Å². The highest BCUT2D eigenvalue weighted by Gasteiger charge is 2.45. The van der Waals surface area contributed by atoms with Crippen LogP contribution >= 0.6 is 0 Å². The summed E-state index contributed by atoms with van der Waals surface area (Å²) >= 11 is 0. The molecular formula is C23H40N2. The quantitative estimate of drug-likeness (QED) is 0.576. The molecule has 0 unspecified atom stereocenters. The van der Waals surface area contributed by atoms with Crippen molar-refractivity contribution in [3.63, 3.8) is 0 Å². The summed E-state index contributed by atoms with van der Waals surface area (Å²) in [6.07, 6.45) is 16.8. The maximum atomic E-state index is 2.73. The third-order valence-electron chi connectivity index (χ3n) is 6.78. The van der Waals surface area contributed by atoms with E-state index in [-0.39, 0.29) is 11.0 Å². The van der Waals surface area contributed by atoms with Gasteiger partial charge in [0.2, 0.25) is 0 Å². The van der Waals surface area contributed by atoms with E-state index in [1.165, 1.54) is 51.0 Å². The third-order valence-corrected chi connectivity index (χ3v) is 6.78. The highest BCUT2D eigenvalue weighted by atomic mass is 15.3. The molecular weight excluding hydrogens is 304 g/mol. The molecule has 0 atom stereocenters. The van der Waals surface area contributed by atoms with Crippen LogP contribution in [0.5, 0.6) is 0 Å². The number of hydrogen-bond donors (Lipinski definition) is 0. The summed E-state index contributed by atoms with van der Waals surface area (Å²) in [7, 11) is 0. The Bertz CT molecular complexity index is 506. The second kappa shape index (κ2) is 8.58. The molecule has 1 aliphatic heterocycles. The van der Waals surface area contributed by atoms with Gasteiger partial charge in [-0.05, 0) is 58.7 Å². The largest absolute Gasteiger partial charge is 0.365 e. The van der Waals surface area contributed by atoms with Crippen LogP contribution < -0.4 is 0 Å². The van der Waals surface area contributed by atoms with Gasteiger partial charge in [0.25, 0.3) is 0 Å². The van der Waals surface area contributed by atoms with Crippen LogP contribution in [0.3, 0.4) is 0 Å². The van der Waals surface area contributed by atoms with Crippen molar-refractivity contribution >= 4 is 0 Å². The van der Waals surface area contributed by atoms with E-state index in [0.717, 1.165) is 12.5 Å². The summed E-state index contributed by atoms with van der Waals surface area (Å²) in [4.78, 5) is 5.36.